The van der Waals surface area contributed by atoms with Crippen LogP contribution in [0.25, 0.3) is 11.1 Å². The van der Waals surface area contributed by atoms with Crippen molar-refractivity contribution in [2.45, 2.75) is 0 Å². The number of amides is 1. The van der Waals surface area contributed by atoms with Gasteiger partial charge in [-0.1, -0.05) is 5.16 Å². The van der Waals surface area contributed by atoms with Gasteiger partial charge in [0.1, 0.15) is 0 Å². The molecule has 2 heterocycles. The molecule has 0 spiro atoms. The molecule has 2 aromatic heterocycles. The second-order valence-electron chi connectivity index (χ2n) is 2.31. The van der Waals surface area contributed by atoms with Crippen LogP contribution >= 0.6 is 0 Å². The van der Waals surface area contributed by atoms with Gasteiger partial charge in [-0.25, -0.2) is 4.98 Å². The first-order valence-corrected chi connectivity index (χ1v) is 3.27. The minimum Gasteiger partial charge on any atom is -0.366 e. The summed E-state index contributed by atoms with van der Waals surface area (Å²) in [6.45, 7) is 0. The Labute approximate surface area is 67.2 Å². The van der Waals surface area contributed by atoms with E-state index in [0.29, 0.717) is 16.7 Å². The summed E-state index contributed by atoms with van der Waals surface area (Å²) in [6.07, 6.45) is 2.84. The number of rotatable bonds is 1. The average molecular weight is 163 g/mol. The van der Waals surface area contributed by atoms with E-state index in [-0.39, 0.29) is 0 Å². The quantitative estimate of drug-likeness (QED) is 0.656. The zero-order valence-electron chi connectivity index (χ0n) is 6.02. The average Bonchev–Trinajstić information content (AvgIpc) is 2.49. The highest BCUT2D eigenvalue weighted by molar-refractivity contribution is 5.95. The van der Waals surface area contributed by atoms with E-state index in [1.54, 1.807) is 6.07 Å². The minimum atomic E-state index is -0.509. The maximum Gasteiger partial charge on any atom is 0.257 e. The van der Waals surface area contributed by atoms with Crippen molar-refractivity contribution in [2.75, 3.05) is 0 Å². The van der Waals surface area contributed by atoms with E-state index in [4.69, 9.17) is 10.3 Å². The summed E-state index contributed by atoms with van der Waals surface area (Å²) >= 11 is 0. The minimum absolute atomic E-state index is 0.353. The summed E-state index contributed by atoms with van der Waals surface area (Å²) < 4.78 is 4.74. The van der Waals surface area contributed by atoms with Gasteiger partial charge in [-0.15, -0.1) is 0 Å². The van der Waals surface area contributed by atoms with Gasteiger partial charge in [0.2, 0.25) is 5.91 Å². The summed E-state index contributed by atoms with van der Waals surface area (Å²) in [5.41, 5.74) is 5.80. The molecule has 12 heavy (non-hydrogen) atoms. The molecule has 1 amide bonds. The summed E-state index contributed by atoms with van der Waals surface area (Å²) in [7, 11) is 0. The fourth-order valence-electron chi connectivity index (χ4n) is 0.906. The highest BCUT2D eigenvalue weighted by atomic mass is 16.5. The van der Waals surface area contributed by atoms with Crippen LogP contribution in [-0.4, -0.2) is 16.0 Å². The summed E-state index contributed by atoms with van der Waals surface area (Å²) in [6, 6.07) is 1.58. The Morgan fingerprint density at radius 1 is 1.50 bits per heavy atom. The number of primary amides is 1. The molecule has 5 heteroatoms. The van der Waals surface area contributed by atoms with Crippen LogP contribution < -0.4 is 5.73 Å². The summed E-state index contributed by atoms with van der Waals surface area (Å²) in [5, 5.41) is 4.18. The maximum atomic E-state index is 10.7. The number of carbonyl (C=O) groups is 1. The SMILES string of the molecule is NC(=O)c1cnc2oncc2c1. The number of nitrogens with two attached hydrogens (primary N) is 1. The molecule has 0 atom stereocenters. The Kier molecular flexibility index (Phi) is 1.30. The summed E-state index contributed by atoms with van der Waals surface area (Å²) in [4.78, 5) is 14.5. The van der Waals surface area contributed by atoms with Crippen molar-refractivity contribution in [3.05, 3.63) is 24.0 Å². The third-order valence-electron chi connectivity index (χ3n) is 1.49. The first kappa shape index (κ1) is 6.78. The van der Waals surface area contributed by atoms with Crippen molar-refractivity contribution in [1.82, 2.24) is 10.1 Å². The molecule has 0 aliphatic heterocycles. The maximum absolute atomic E-state index is 10.7. The second-order valence-corrected chi connectivity index (χ2v) is 2.31. The van der Waals surface area contributed by atoms with Crippen LogP contribution in [0.15, 0.2) is 23.0 Å². The van der Waals surface area contributed by atoms with Crippen LogP contribution in [0.1, 0.15) is 10.4 Å². The van der Waals surface area contributed by atoms with Crippen LogP contribution in [0, 0.1) is 0 Å². The molecule has 5 nitrogen and oxygen atoms in total. The van der Waals surface area contributed by atoms with Gasteiger partial charge in [0, 0.05) is 6.20 Å². The Morgan fingerprint density at radius 2 is 2.33 bits per heavy atom. The van der Waals surface area contributed by atoms with E-state index in [1.165, 1.54) is 12.4 Å². The molecule has 0 unspecified atom stereocenters. The largest absolute Gasteiger partial charge is 0.366 e. The van der Waals surface area contributed by atoms with E-state index in [9.17, 15) is 4.79 Å². The van der Waals surface area contributed by atoms with E-state index in [0.717, 1.165) is 0 Å². The van der Waals surface area contributed by atoms with E-state index < -0.39 is 5.91 Å². The lowest BCUT2D eigenvalue weighted by Gasteiger charge is -1.91. The number of aromatic nitrogens is 2. The third kappa shape index (κ3) is 0.914. The van der Waals surface area contributed by atoms with Gasteiger partial charge in [0.25, 0.3) is 5.71 Å². The van der Waals surface area contributed by atoms with Crippen molar-refractivity contribution >= 4 is 17.0 Å². The van der Waals surface area contributed by atoms with Gasteiger partial charge in [-0.3, -0.25) is 4.79 Å². The van der Waals surface area contributed by atoms with Crippen LogP contribution in [0.2, 0.25) is 0 Å². The van der Waals surface area contributed by atoms with Gasteiger partial charge >= 0.3 is 0 Å². The third-order valence-corrected chi connectivity index (χ3v) is 1.49. The molecule has 0 aliphatic rings. The van der Waals surface area contributed by atoms with Gasteiger partial charge in [-0.05, 0) is 6.07 Å². The molecule has 0 bridgehead atoms. The number of fused-ring (bicyclic) bond motifs is 1. The van der Waals surface area contributed by atoms with Crippen LogP contribution in [0.4, 0.5) is 0 Å². The van der Waals surface area contributed by atoms with Crippen LogP contribution in [0.5, 0.6) is 0 Å². The predicted octanol–water partition coefficient (Wildman–Crippen LogP) is 0.322. The molecule has 2 N–H and O–H groups in total. The standard InChI is InChI=1S/C7H5N3O2/c8-6(11)4-1-5-3-10-12-7(5)9-2-4/h1-3H,(H2,8,11). The molecule has 0 fully saturated rings. The monoisotopic (exact) mass is 163 g/mol. The highest BCUT2D eigenvalue weighted by Gasteiger charge is 2.04. The normalized spacial score (nSPS) is 10.3. The Morgan fingerprint density at radius 3 is 3.08 bits per heavy atom. The van der Waals surface area contributed by atoms with Gasteiger partial charge in [-0.2, -0.15) is 0 Å². The first-order valence-electron chi connectivity index (χ1n) is 3.27. The number of hydrogen-bond donors (Lipinski definition) is 1. The second kappa shape index (κ2) is 2.30. The van der Waals surface area contributed by atoms with Crippen molar-refractivity contribution in [3.63, 3.8) is 0 Å². The van der Waals surface area contributed by atoms with Crippen molar-refractivity contribution < 1.29 is 9.32 Å². The van der Waals surface area contributed by atoms with E-state index >= 15 is 0 Å². The van der Waals surface area contributed by atoms with Crippen molar-refractivity contribution in [3.8, 4) is 0 Å². The molecule has 2 aromatic rings. The van der Waals surface area contributed by atoms with Gasteiger partial charge < -0.3 is 10.3 Å². The number of carbonyl (C=O) groups excluding carboxylic acids is 1. The van der Waals surface area contributed by atoms with Crippen LogP contribution in [-0.2, 0) is 0 Å². The zero-order valence-corrected chi connectivity index (χ0v) is 6.02. The zero-order chi connectivity index (χ0) is 8.55. The Hall–Kier alpha value is -1.91. The smallest absolute Gasteiger partial charge is 0.257 e. The molecule has 60 valence electrons. The van der Waals surface area contributed by atoms with E-state index in [1.807, 2.05) is 0 Å². The lowest BCUT2D eigenvalue weighted by molar-refractivity contribution is 0.1000. The number of nitrogens with zero attached hydrogens (tertiary/aromatic N) is 2. The number of hydrogen-bond acceptors (Lipinski definition) is 4. The van der Waals surface area contributed by atoms with Crippen molar-refractivity contribution in [1.29, 1.82) is 0 Å². The lowest BCUT2D eigenvalue weighted by atomic mass is 10.2. The fourth-order valence-corrected chi connectivity index (χ4v) is 0.906. The topological polar surface area (TPSA) is 82.0 Å². The van der Waals surface area contributed by atoms with Gasteiger partial charge in [0.15, 0.2) is 0 Å². The predicted molar refractivity (Wildman–Crippen MR) is 40.3 cm³/mol. The fraction of sp³-hybridized carbons (Fsp3) is 0. The molecule has 0 saturated heterocycles. The molecule has 0 radical (unpaired) electrons. The molecule has 0 aliphatic carbocycles. The molecular formula is C7H5N3O2. The molecule has 2 rings (SSSR count). The van der Waals surface area contributed by atoms with Crippen molar-refractivity contribution in [2.24, 2.45) is 5.73 Å². The highest BCUT2D eigenvalue weighted by Crippen LogP contribution is 2.11. The molecule has 0 saturated carbocycles. The molecular weight excluding hydrogens is 158 g/mol. The molecule has 0 aromatic carbocycles. The first-order chi connectivity index (χ1) is 5.77. The van der Waals surface area contributed by atoms with E-state index in [2.05, 4.69) is 10.1 Å². The van der Waals surface area contributed by atoms with Gasteiger partial charge in [0.05, 0.1) is 17.1 Å². The summed E-state index contributed by atoms with van der Waals surface area (Å²) in [5.74, 6) is -0.509. The Bertz CT molecular complexity index is 435. The Balaban J connectivity index is 2.68. The van der Waals surface area contributed by atoms with Crippen LogP contribution in [0.3, 0.4) is 0 Å². The lowest BCUT2D eigenvalue weighted by Crippen LogP contribution is -2.10. The number of pyridine rings is 1.